The van der Waals surface area contributed by atoms with Crippen LogP contribution in [-0.2, 0) is 0 Å². The largest absolute Gasteiger partial charge is 0.0622 e. The van der Waals surface area contributed by atoms with E-state index in [0.717, 1.165) is 4.47 Å². The highest BCUT2D eigenvalue weighted by molar-refractivity contribution is 9.10. The molecule has 4 aromatic rings. The van der Waals surface area contributed by atoms with E-state index in [2.05, 4.69) is 101 Å². The fourth-order valence-electron chi connectivity index (χ4n) is 2.98. The first-order chi connectivity index (χ1) is 11.3. The van der Waals surface area contributed by atoms with Crippen LogP contribution in [0.1, 0.15) is 0 Å². The molecule has 0 heterocycles. The van der Waals surface area contributed by atoms with Gasteiger partial charge in [0.1, 0.15) is 0 Å². The van der Waals surface area contributed by atoms with Crippen molar-refractivity contribution in [2.45, 2.75) is 0 Å². The summed E-state index contributed by atoms with van der Waals surface area (Å²) in [7, 11) is 0. The van der Waals surface area contributed by atoms with Gasteiger partial charge in [0, 0.05) is 4.47 Å². The molecule has 0 unspecified atom stereocenters. The standard InChI is InChI=1S/C22H15Br/c23-20-13-14-22-19(15-20)7-4-8-21(22)18-11-9-17(10-12-18)16-5-2-1-3-6-16/h1-15H. The molecule has 0 spiro atoms. The Labute approximate surface area is 144 Å². The fourth-order valence-corrected chi connectivity index (χ4v) is 3.36. The molecule has 0 aliphatic carbocycles. The predicted molar refractivity (Wildman–Crippen MR) is 103 cm³/mol. The Morgan fingerprint density at radius 2 is 1.22 bits per heavy atom. The van der Waals surface area contributed by atoms with Crippen LogP contribution in [-0.4, -0.2) is 0 Å². The summed E-state index contributed by atoms with van der Waals surface area (Å²) in [6.07, 6.45) is 0. The zero-order chi connectivity index (χ0) is 15.6. The second kappa shape index (κ2) is 6.02. The van der Waals surface area contributed by atoms with Crippen molar-refractivity contribution >= 4 is 26.7 Å². The Morgan fingerprint density at radius 3 is 2.00 bits per heavy atom. The Kier molecular flexibility index (Phi) is 3.72. The third-order valence-electron chi connectivity index (χ3n) is 4.15. The van der Waals surface area contributed by atoms with Gasteiger partial charge in [-0.1, -0.05) is 94.8 Å². The minimum Gasteiger partial charge on any atom is -0.0622 e. The highest BCUT2D eigenvalue weighted by Crippen LogP contribution is 2.31. The van der Waals surface area contributed by atoms with Gasteiger partial charge in [-0.25, -0.2) is 0 Å². The van der Waals surface area contributed by atoms with Gasteiger partial charge in [0.15, 0.2) is 0 Å². The molecule has 0 saturated heterocycles. The van der Waals surface area contributed by atoms with Crippen molar-refractivity contribution in [3.8, 4) is 22.3 Å². The first-order valence-electron chi connectivity index (χ1n) is 7.65. The lowest BCUT2D eigenvalue weighted by molar-refractivity contribution is 1.60. The highest BCUT2D eigenvalue weighted by Gasteiger charge is 2.05. The van der Waals surface area contributed by atoms with Crippen molar-refractivity contribution in [3.63, 3.8) is 0 Å². The Hall–Kier alpha value is -2.38. The van der Waals surface area contributed by atoms with Gasteiger partial charge in [0.25, 0.3) is 0 Å². The van der Waals surface area contributed by atoms with Crippen LogP contribution in [0.2, 0.25) is 0 Å². The quantitative estimate of drug-likeness (QED) is 0.364. The van der Waals surface area contributed by atoms with Gasteiger partial charge in [-0.2, -0.15) is 0 Å². The molecule has 0 nitrogen and oxygen atoms in total. The third-order valence-corrected chi connectivity index (χ3v) is 4.64. The average molecular weight is 359 g/mol. The fraction of sp³-hybridized carbons (Fsp3) is 0. The zero-order valence-electron chi connectivity index (χ0n) is 12.5. The second-order valence-electron chi connectivity index (χ2n) is 5.61. The molecule has 0 radical (unpaired) electrons. The van der Waals surface area contributed by atoms with E-state index in [1.54, 1.807) is 0 Å². The molecule has 0 aliphatic heterocycles. The van der Waals surface area contributed by atoms with Crippen molar-refractivity contribution in [2.24, 2.45) is 0 Å². The number of fused-ring (bicyclic) bond motifs is 1. The number of rotatable bonds is 2. The van der Waals surface area contributed by atoms with Crippen LogP contribution in [0.15, 0.2) is 95.5 Å². The van der Waals surface area contributed by atoms with Gasteiger partial charge in [0.05, 0.1) is 0 Å². The Morgan fingerprint density at radius 1 is 0.522 bits per heavy atom. The molecule has 0 amide bonds. The number of benzene rings is 4. The maximum atomic E-state index is 3.55. The topological polar surface area (TPSA) is 0 Å². The zero-order valence-corrected chi connectivity index (χ0v) is 14.1. The molecule has 0 aromatic heterocycles. The van der Waals surface area contributed by atoms with Gasteiger partial charge in [-0.3, -0.25) is 0 Å². The lowest BCUT2D eigenvalue weighted by atomic mass is 9.96. The van der Waals surface area contributed by atoms with Gasteiger partial charge in [0.2, 0.25) is 0 Å². The summed E-state index contributed by atoms with van der Waals surface area (Å²) in [5, 5.41) is 2.53. The van der Waals surface area contributed by atoms with Crippen LogP contribution in [0.25, 0.3) is 33.0 Å². The second-order valence-corrected chi connectivity index (χ2v) is 6.53. The molecule has 0 bridgehead atoms. The molecule has 110 valence electrons. The van der Waals surface area contributed by atoms with Gasteiger partial charge < -0.3 is 0 Å². The van der Waals surface area contributed by atoms with Crippen LogP contribution in [0.3, 0.4) is 0 Å². The summed E-state index contributed by atoms with van der Waals surface area (Å²) >= 11 is 3.55. The first kappa shape index (κ1) is 14.2. The van der Waals surface area contributed by atoms with Crippen molar-refractivity contribution in [3.05, 3.63) is 95.5 Å². The minimum atomic E-state index is 1.11. The summed E-state index contributed by atoms with van der Waals surface area (Å²) in [5.41, 5.74) is 5.02. The monoisotopic (exact) mass is 358 g/mol. The summed E-state index contributed by atoms with van der Waals surface area (Å²) in [4.78, 5) is 0. The van der Waals surface area contributed by atoms with Crippen LogP contribution in [0, 0.1) is 0 Å². The average Bonchev–Trinajstić information content (AvgIpc) is 2.62. The lowest BCUT2D eigenvalue weighted by Crippen LogP contribution is -1.83. The molecule has 0 saturated carbocycles. The molecule has 0 N–H and O–H groups in total. The number of halogens is 1. The van der Waals surface area contributed by atoms with E-state index in [1.807, 2.05) is 6.07 Å². The molecule has 0 fully saturated rings. The molecular weight excluding hydrogens is 344 g/mol. The van der Waals surface area contributed by atoms with Gasteiger partial charge in [-0.15, -0.1) is 0 Å². The maximum Gasteiger partial charge on any atom is 0.0181 e. The molecular formula is C22H15Br. The van der Waals surface area contributed by atoms with Crippen LogP contribution in [0.5, 0.6) is 0 Å². The van der Waals surface area contributed by atoms with Gasteiger partial charge in [-0.05, 0) is 45.2 Å². The predicted octanol–water partition coefficient (Wildman–Crippen LogP) is 6.94. The van der Waals surface area contributed by atoms with Gasteiger partial charge >= 0.3 is 0 Å². The Bertz CT molecular complexity index is 954. The smallest absolute Gasteiger partial charge is 0.0181 e. The molecule has 0 aliphatic rings. The maximum absolute atomic E-state index is 3.55. The normalized spacial score (nSPS) is 10.8. The summed E-state index contributed by atoms with van der Waals surface area (Å²) < 4.78 is 1.11. The molecule has 4 aromatic carbocycles. The van der Waals surface area contributed by atoms with Crippen LogP contribution < -0.4 is 0 Å². The third kappa shape index (κ3) is 2.80. The number of hydrogen-bond acceptors (Lipinski definition) is 0. The molecule has 4 rings (SSSR count). The van der Waals surface area contributed by atoms with E-state index in [4.69, 9.17) is 0 Å². The van der Waals surface area contributed by atoms with Crippen molar-refractivity contribution in [1.29, 1.82) is 0 Å². The van der Waals surface area contributed by atoms with E-state index in [0.29, 0.717) is 0 Å². The first-order valence-corrected chi connectivity index (χ1v) is 8.45. The molecule has 1 heteroatoms. The minimum absolute atomic E-state index is 1.11. The lowest BCUT2D eigenvalue weighted by Gasteiger charge is -2.09. The van der Waals surface area contributed by atoms with E-state index in [9.17, 15) is 0 Å². The summed E-state index contributed by atoms with van der Waals surface area (Å²) in [6, 6.07) is 32.2. The summed E-state index contributed by atoms with van der Waals surface area (Å²) in [6.45, 7) is 0. The van der Waals surface area contributed by atoms with Crippen molar-refractivity contribution in [2.75, 3.05) is 0 Å². The van der Waals surface area contributed by atoms with E-state index < -0.39 is 0 Å². The number of hydrogen-bond donors (Lipinski definition) is 0. The van der Waals surface area contributed by atoms with E-state index in [1.165, 1.54) is 33.0 Å². The van der Waals surface area contributed by atoms with Crippen LogP contribution >= 0.6 is 15.9 Å². The van der Waals surface area contributed by atoms with Crippen LogP contribution in [0.4, 0.5) is 0 Å². The summed E-state index contributed by atoms with van der Waals surface area (Å²) in [5.74, 6) is 0. The Balaban J connectivity index is 1.80. The van der Waals surface area contributed by atoms with Crippen molar-refractivity contribution in [1.82, 2.24) is 0 Å². The van der Waals surface area contributed by atoms with E-state index >= 15 is 0 Å². The van der Waals surface area contributed by atoms with E-state index in [-0.39, 0.29) is 0 Å². The molecule has 23 heavy (non-hydrogen) atoms. The van der Waals surface area contributed by atoms with Crippen molar-refractivity contribution < 1.29 is 0 Å². The SMILES string of the molecule is Brc1ccc2c(-c3ccc(-c4ccccc4)cc3)cccc2c1. The highest BCUT2D eigenvalue weighted by atomic mass is 79.9. The molecule has 0 atom stereocenters.